The summed E-state index contributed by atoms with van der Waals surface area (Å²) >= 11 is 0. The summed E-state index contributed by atoms with van der Waals surface area (Å²) in [5, 5.41) is 4.34. The minimum absolute atomic E-state index is 0.272. The van der Waals surface area contributed by atoms with Gasteiger partial charge in [0, 0.05) is 41.7 Å². The van der Waals surface area contributed by atoms with E-state index in [4.69, 9.17) is 9.97 Å². The van der Waals surface area contributed by atoms with Gasteiger partial charge in [0.2, 0.25) is 0 Å². The third-order valence-corrected chi connectivity index (χ3v) is 6.53. The van der Waals surface area contributed by atoms with Gasteiger partial charge >= 0.3 is 0 Å². The van der Waals surface area contributed by atoms with E-state index in [1.165, 1.54) is 11.9 Å². The lowest BCUT2D eigenvalue weighted by Gasteiger charge is -2.21. The minimum Gasteiger partial charge on any atom is -0.372 e. The third-order valence-electron chi connectivity index (χ3n) is 5.40. The molecule has 0 saturated carbocycles. The molecule has 0 unspecified atom stereocenters. The fourth-order valence-corrected chi connectivity index (χ4v) is 4.26. The van der Waals surface area contributed by atoms with Gasteiger partial charge in [-0.2, -0.15) is 0 Å². The Labute approximate surface area is 188 Å². The standard InChI is InChI=1S/C25H26N4O2S/c1-4-29(5-2)20-14-12-19(13-15-20)26-25-22-8-6-7-9-23(22)27-24(28-25)18-10-16-21(17-11-18)32(3,30)31/h6-17H,4-5H2,1-3H3,(H,26,27,28). The lowest BCUT2D eigenvalue weighted by Crippen LogP contribution is -2.21. The Morgan fingerprint density at radius 2 is 1.50 bits per heavy atom. The van der Waals surface area contributed by atoms with Gasteiger partial charge in [-0.05, 0) is 74.5 Å². The molecule has 0 bridgehead atoms. The van der Waals surface area contributed by atoms with E-state index in [9.17, 15) is 8.42 Å². The Kier molecular flexibility index (Phi) is 6.10. The maximum Gasteiger partial charge on any atom is 0.175 e. The van der Waals surface area contributed by atoms with Crippen molar-refractivity contribution in [3.8, 4) is 11.4 Å². The van der Waals surface area contributed by atoms with Gasteiger partial charge in [-0.3, -0.25) is 0 Å². The molecule has 0 fully saturated rings. The number of benzene rings is 3. The molecule has 0 radical (unpaired) electrons. The normalized spacial score (nSPS) is 11.5. The molecule has 1 aromatic heterocycles. The zero-order valence-electron chi connectivity index (χ0n) is 18.4. The van der Waals surface area contributed by atoms with Crippen LogP contribution in [-0.4, -0.2) is 37.7 Å². The van der Waals surface area contributed by atoms with Crippen LogP contribution < -0.4 is 10.2 Å². The van der Waals surface area contributed by atoms with Gasteiger partial charge in [-0.1, -0.05) is 12.1 Å². The van der Waals surface area contributed by atoms with E-state index in [0.29, 0.717) is 11.6 Å². The molecule has 1 heterocycles. The molecule has 0 aliphatic rings. The first-order valence-corrected chi connectivity index (χ1v) is 12.5. The molecular weight excluding hydrogens is 420 g/mol. The van der Waals surface area contributed by atoms with Crippen LogP contribution >= 0.6 is 0 Å². The lowest BCUT2D eigenvalue weighted by molar-refractivity contribution is 0.602. The smallest absolute Gasteiger partial charge is 0.175 e. The summed E-state index contributed by atoms with van der Waals surface area (Å²) in [6.07, 6.45) is 1.20. The molecule has 1 N–H and O–H groups in total. The van der Waals surface area contributed by atoms with Gasteiger partial charge in [0.15, 0.2) is 15.7 Å². The van der Waals surface area contributed by atoms with Crippen molar-refractivity contribution in [3.05, 3.63) is 72.8 Å². The zero-order chi connectivity index (χ0) is 22.7. The van der Waals surface area contributed by atoms with Crippen LogP contribution in [0.15, 0.2) is 77.7 Å². The Bertz CT molecular complexity index is 1330. The number of hydrogen-bond acceptors (Lipinski definition) is 6. The predicted octanol–water partition coefficient (Wildman–Crippen LogP) is 5.29. The van der Waals surface area contributed by atoms with Crippen LogP contribution in [0.2, 0.25) is 0 Å². The summed E-state index contributed by atoms with van der Waals surface area (Å²) in [6.45, 7) is 6.21. The number of nitrogens with one attached hydrogen (secondary N) is 1. The molecule has 4 rings (SSSR count). The van der Waals surface area contributed by atoms with E-state index in [2.05, 4.69) is 36.2 Å². The number of aromatic nitrogens is 2. The van der Waals surface area contributed by atoms with Gasteiger partial charge in [0.1, 0.15) is 5.82 Å². The highest BCUT2D eigenvalue weighted by Gasteiger charge is 2.12. The van der Waals surface area contributed by atoms with Gasteiger partial charge in [0.25, 0.3) is 0 Å². The Balaban J connectivity index is 1.71. The minimum atomic E-state index is -3.26. The van der Waals surface area contributed by atoms with E-state index < -0.39 is 9.84 Å². The van der Waals surface area contributed by atoms with Crippen molar-refractivity contribution in [2.45, 2.75) is 18.7 Å². The van der Waals surface area contributed by atoms with Crippen molar-refractivity contribution >= 4 is 37.9 Å². The molecule has 0 aliphatic heterocycles. The molecule has 0 saturated heterocycles. The predicted molar refractivity (Wildman–Crippen MR) is 131 cm³/mol. The van der Waals surface area contributed by atoms with Crippen molar-refractivity contribution in [1.82, 2.24) is 9.97 Å². The molecule has 0 aliphatic carbocycles. The molecule has 4 aromatic rings. The van der Waals surface area contributed by atoms with E-state index in [1.54, 1.807) is 24.3 Å². The van der Waals surface area contributed by atoms with E-state index in [1.807, 2.05) is 36.4 Å². The summed E-state index contributed by atoms with van der Waals surface area (Å²) in [5.74, 6) is 1.24. The van der Waals surface area contributed by atoms with Gasteiger partial charge in [-0.15, -0.1) is 0 Å². The third kappa shape index (κ3) is 4.57. The van der Waals surface area contributed by atoms with Crippen molar-refractivity contribution in [1.29, 1.82) is 0 Å². The number of anilines is 3. The van der Waals surface area contributed by atoms with E-state index in [-0.39, 0.29) is 4.90 Å². The molecule has 0 spiro atoms. The van der Waals surface area contributed by atoms with Crippen molar-refractivity contribution in [3.63, 3.8) is 0 Å². The van der Waals surface area contributed by atoms with Crippen LogP contribution in [0, 0.1) is 0 Å². The van der Waals surface area contributed by atoms with Crippen LogP contribution in [0.3, 0.4) is 0 Å². The molecule has 0 atom stereocenters. The first-order valence-electron chi connectivity index (χ1n) is 10.6. The number of hydrogen-bond donors (Lipinski definition) is 1. The molecule has 7 heteroatoms. The first kappa shape index (κ1) is 21.8. The second-order valence-electron chi connectivity index (χ2n) is 7.55. The summed E-state index contributed by atoms with van der Waals surface area (Å²) in [7, 11) is -3.26. The van der Waals surface area contributed by atoms with Crippen molar-refractivity contribution < 1.29 is 8.42 Å². The Morgan fingerprint density at radius 1 is 0.844 bits per heavy atom. The summed E-state index contributed by atoms with van der Waals surface area (Å²) in [6, 6.07) is 22.8. The molecule has 32 heavy (non-hydrogen) atoms. The first-order chi connectivity index (χ1) is 15.4. The monoisotopic (exact) mass is 446 g/mol. The zero-order valence-corrected chi connectivity index (χ0v) is 19.2. The molecule has 6 nitrogen and oxygen atoms in total. The van der Waals surface area contributed by atoms with Gasteiger partial charge in [-0.25, -0.2) is 18.4 Å². The van der Waals surface area contributed by atoms with Gasteiger partial charge < -0.3 is 10.2 Å². The van der Waals surface area contributed by atoms with E-state index in [0.717, 1.165) is 35.2 Å². The number of nitrogens with zero attached hydrogens (tertiary/aromatic N) is 3. The molecule has 164 valence electrons. The summed E-state index contributed by atoms with van der Waals surface area (Å²) in [5.41, 5.74) is 3.68. The van der Waals surface area contributed by atoms with Crippen LogP contribution in [0.1, 0.15) is 13.8 Å². The van der Waals surface area contributed by atoms with Crippen LogP contribution in [0.5, 0.6) is 0 Å². The number of rotatable bonds is 7. The highest BCUT2D eigenvalue weighted by Crippen LogP contribution is 2.28. The van der Waals surface area contributed by atoms with Crippen LogP contribution in [-0.2, 0) is 9.84 Å². The van der Waals surface area contributed by atoms with E-state index >= 15 is 0 Å². The molecule has 3 aromatic carbocycles. The number of para-hydroxylation sites is 1. The Morgan fingerprint density at radius 3 is 2.12 bits per heavy atom. The maximum atomic E-state index is 11.8. The fraction of sp³-hybridized carbons (Fsp3) is 0.200. The molecule has 0 amide bonds. The van der Waals surface area contributed by atoms with Crippen LogP contribution in [0.25, 0.3) is 22.3 Å². The van der Waals surface area contributed by atoms with Crippen molar-refractivity contribution in [2.24, 2.45) is 0 Å². The fourth-order valence-electron chi connectivity index (χ4n) is 3.63. The van der Waals surface area contributed by atoms with Gasteiger partial charge in [0.05, 0.1) is 10.4 Å². The Hall–Kier alpha value is -3.45. The quantitative estimate of drug-likeness (QED) is 0.416. The maximum absolute atomic E-state index is 11.8. The summed E-state index contributed by atoms with van der Waals surface area (Å²) < 4.78 is 23.5. The van der Waals surface area contributed by atoms with Crippen molar-refractivity contribution in [2.75, 3.05) is 29.6 Å². The number of fused-ring (bicyclic) bond motifs is 1. The highest BCUT2D eigenvalue weighted by atomic mass is 32.2. The molecular formula is C25H26N4O2S. The summed E-state index contributed by atoms with van der Waals surface area (Å²) in [4.78, 5) is 12.0. The average molecular weight is 447 g/mol. The average Bonchev–Trinajstić information content (AvgIpc) is 2.80. The largest absolute Gasteiger partial charge is 0.372 e. The number of sulfone groups is 1. The second kappa shape index (κ2) is 8.96. The second-order valence-corrected chi connectivity index (χ2v) is 9.57. The van der Waals surface area contributed by atoms with Crippen LogP contribution in [0.4, 0.5) is 17.2 Å². The lowest BCUT2D eigenvalue weighted by atomic mass is 10.1. The topological polar surface area (TPSA) is 75.2 Å². The SMILES string of the molecule is CCN(CC)c1ccc(Nc2nc(-c3ccc(S(C)(=O)=O)cc3)nc3ccccc23)cc1. The highest BCUT2D eigenvalue weighted by molar-refractivity contribution is 7.90.